The minimum Gasteiger partial charge on any atom is -0.363 e. The van der Waals surface area contributed by atoms with Crippen molar-refractivity contribution in [1.82, 2.24) is 9.80 Å². The number of benzene rings is 1. The normalized spacial score (nSPS) is 30.4. The summed E-state index contributed by atoms with van der Waals surface area (Å²) in [5, 5.41) is 0. The fraction of sp³-hybridized carbons (Fsp3) is 0.667. The zero-order valence-corrected chi connectivity index (χ0v) is 15.6. The highest BCUT2D eigenvalue weighted by atomic mass is 19.1. The molecule has 0 unspecified atom stereocenters. The molecule has 3 saturated heterocycles. The van der Waals surface area contributed by atoms with Gasteiger partial charge in [0.2, 0.25) is 0 Å². The standard InChI is InChI=1S/C21H29FN2O2/c1-15-8-11-23(12-9-15)21(25)20-7-6-18-19(26-20)10-13-24(18)14-16-2-4-17(22)5-3-16/h2-5,15,18-20H,6-14H2,1H3/t18-,19-,20-/m0/s1. The van der Waals surface area contributed by atoms with Crippen molar-refractivity contribution in [3.63, 3.8) is 0 Å². The Bertz CT molecular complexity index is 627. The number of ether oxygens (including phenoxy) is 1. The highest BCUT2D eigenvalue weighted by molar-refractivity contribution is 5.81. The Balaban J connectivity index is 1.33. The van der Waals surface area contributed by atoms with Crippen molar-refractivity contribution in [2.45, 2.75) is 63.8 Å². The van der Waals surface area contributed by atoms with Gasteiger partial charge in [0.15, 0.2) is 0 Å². The maximum absolute atomic E-state index is 13.1. The molecule has 3 aliphatic rings. The van der Waals surface area contributed by atoms with Crippen LogP contribution in [0.15, 0.2) is 24.3 Å². The third kappa shape index (κ3) is 3.79. The fourth-order valence-electron chi connectivity index (χ4n) is 4.65. The lowest BCUT2D eigenvalue weighted by atomic mass is 9.96. The largest absolute Gasteiger partial charge is 0.363 e. The monoisotopic (exact) mass is 360 g/mol. The number of hydrogen-bond acceptors (Lipinski definition) is 3. The Morgan fingerprint density at radius 2 is 1.81 bits per heavy atom. The summed E-state index contributed by atoms with van der Waals surface area (Å²) < 4.78 is 19.3. The Morgan fingerprint density at radius 1 is 1.08 bits per heavy atom. The lowest BCUT2D eigenvalue weighted by Gasteiger charge is -2.38. The SMILES string of the molecule is CC1CCN(C(=O)[C@@H]2CC[C@H]3[C@H](CCN3Cc3ccc(F)cc3)O2)CC1. The van der Waals surface area contributed by atoms with Gasteiger partial charge in [0.25, 0.3) is 5.91 Å². The van der Waals surface area contributed by atoms with Crippen molar-refractivity contribution in [3.05, 3.63) is 35.6 Å². The van der Waals surface area contributed by atoms with Gasteiger partial charge < -0.3 is 9.64 Å². The molecular weight excluding hydrogens is 331 g/mol. The van der Waals surface area contributed by atoms with E-state index in [2.05, 4.69) is 11.8 Å². The molecule has 1 amide bonds. The van der Waals surface area contributed by atoms with Crippen LogP contribution in [0.3, 0.4) is 0 Å². The van der Waals surface area contributed by atoms with E-state index in [-0.39, 0.29) is 23.9 Å². The van der Waals surface area contributed by atoms with Gasteiger partial charge in [-0.2, -0.15) is 0 Å². The molecule has 142 valence electrons. The van der Waals surface area contributed by atoms with Gasteiger partial charge in [0.1, 0.15) is 11.9 Å². The molecule has 5 heteroatoms. The molecule has 0 bridgehead atoms. The van der Waals surface area contributed by atoms with Gasteiger partial charge >= 0.3 is 0 Å². The van der Waals surface area contributed by atoms with Crippen LogP contribution in [-0.4, -0.2) is 53.6 Å². The molecule has 0 radical (unpaired) electrons. The van der Waals surface area contributed by atoms with Crippen LogP contribution in [0.1, 0.15) is 44.6 Å². The highest BCUT2D eigenvalue weighted by Crippen LogP contribution is 2.33. The van der Waals surface area contributed by atoms with E-state index in [0.29, 0.717) is 6.04 Å². The third-order valence-electron chi connectivity index (χ3n) is 6.33. The van der Waals surface area contributed by atoms with Crippen molar-refractivity contribution in [3.8, 4) is 0 Å². The molecule has 3 aliphatic heterocycles. The zero-order valence-electron chi connectivity index (χ0n) is 15.6. The molecule has 0 N–H and O–H groups in total. The Kier molecular flexibility index (Phi) is 5.28. The summed E-state index contributed by atoms with van der Waals surface area (Å²) in [6, 6.07) is 7.14. The number of carbonyl (C=O) groups excluding carboxylic acids is 1. The second kappa shape index (κ2) is 7.65. The number of fused-ring (bicyclic) bond motifs is 1. The number of likely N-dealkylation sites (tertiary alicyclic amines) is 2. The maximum atomic E-state index is 13.1. The number of piperidine rings is 1. The van der Waals surface area contributed by atoms with Crippen LogP contribution in [0.5, 0.6) is 0 Å². The summed E-state index contributed by atoms with van der Waals surface area (Å²) in [5.74, 6) is 0.736. The van der Waals surface area contributed by atoms with E-state index in [4.69, 9.17) is 4.74 Å². The lowest BCUT2D eigenvalue weighted by Crippen LogP contribution is -2.50. The lowest BCUT2D eigenvalue weighted by molar-refractivity contribution is -0.155. The summed E-state index contributed by atoms with van der Waals surface area (Å²) in [6.45, 7) is 5.83. The van der Waals surface area contributed by atoms with Crippen LogP contribution in [0.25, 0.3) is 0 Å². The topological polar surface area (TPSA) is 32.8 Å². The van der Waals surface area contributed by atoms with Crippen LogP contribution in [0.2, 0.25) is 0 Å². The second-order valence-corrected chi connectivity index (χ2v) is 8.20. The van der Waals surface area contributed by atoms with Crippen molar-refractivity contribution < 1.29 is 13.9 Å². The molecule has 1 aromatic rings. The first kappa shape index (κ1) is 17.9. The molecule has 3 atom stereocenters. The molecule has 1 aromatic carbocycles. The molecule has 0 aromatic heterocycles. The molecule has 0 saturated carbocycles. The van der Waals surface area contributed by atoms with Crippen molar-refractivity contribution in [1.29, 1.82) is 0 Å². The maximum Gasteiger partial charge on any atom is 0.251 e. The van der Waals surface area contributed by atoms with Crippen LogP contribution < -0.4 is 0 Å². The van der Waals surface area contributed by atoms with Gasteiger partial charge in [-0.25, -0.2) is 4.39 Å². The summed E-state index contributed by atoms with van der Waals surface area (Å²) >= 11 is 0. The van der Waals surface area contributed by atoms with E-state index in [0.717, 1.165) is 69.8 Å². The van der Waals surface area contributed by atoms with E-state index < -0.39 is 0 Å². The van der Waals surface area contributed by atoms with Gasteiger partial charge in [-0.05, 0) is 55.7 Å². The fourth-order valence-corrected chi connectivity index (χ4v) is 4.65. The average molecular weight is 360 g/mol. The molecule has 4 rings (SSSR count). The van der Waals surface area contributed by atoms with E-state index in [9.17, 15) is 9.18 Å². The van der Waals surface area contributed by atoms with Crippen LogP contribution in [0, 0.1) is 11.7 Å². The molecule has 26 heavy (non-hydrogen) atoms. The van der Waals surface area contributed by atoms with E-state index in [1.807, 2.05) is 17.0 Å². The smallest absolute Gasteiger partial charge is 0.251 e. The predicted octanol–water partition coefficient (Wildman–Crippen LogP) is 3.21. The Hall–Kier alpha value is -1.46. The van der Waals surface area contributed by atoms with Crippen molar-refractivity contribution >= 4 is 5.91 Å². The minimum atomic E-state index is -0.254. The Labute approximate surface area is 155 Å². The number of halogens is 1. The van der Waals surface area contributed by atoms with Gasteiger partial charge in [0, 0.05) is 32.2 Å². The summed E-state index contributed by atoms with van der Waals surface area (Å²) in [5.41, 5.74) is 1.13. The van der Waals surface area contributed by atoms with Gasteiger partial charge in [-0.3, -0.25) is 9.69 Å². The first-order valence-corrected chi connectivity index (χ1v) is 10.0. The number of amides is 1. The molecule has 0 aliphatic carbocycles. The first-order valence-electron chi connectivity index (χ1n) is 10.0. The van der Waals surface area contributed by atoms with Crippen molar-refractivity contribution in [2.75, 3.05) is 19.6 Å². The molecule has 0 spiro atoms. The third-order valence-corrected chi connectivity index (χ3v) is 6.33. The average Bonchev–Trinajstić information content (AvgIpc) is 3.06. The summed E-state index contributed by atoms with van der Waals surface area (Å²) in [7, 11) is 0. The molecular formula is C21H29FN2O2. The van der Waals surface area contributed by atoms with Crippen LogP contribution in [-0.2, 0) is 16.1 Å². The predicted molar refractivity (Wildman–Crippen MR) is 98.1 cm³/mol. The zero-order chi connectivity index (χ0) is 18.1. The number of hydrogen-bond donors (Lipinski definition) is 0. The first-order chi connectivity index (χ1) is 12.6. The number of nitrogens with zero attached hydrogens (tertiary/aromatic N) is 2. The minimum absolute atomic E-state index is 0.155. The second-order valence-electron chi connectivity index (χ2n) is 8.20. The summed E-state index contributed by atoms with van der Waals surface area (Å²) in [6.07, 6.45) is 4.91. The van der Waals surface area contributed by atoms with Crippen LogP contribution in [0.4, 0.5) is 4.39 Å². The van der Waals surface area contributed by atoms with E-state index in [1.54, 1.807) is 0 Å². The quantitative estimate of drug-likeness (QED) is 0.830. The van der Waals surface area contributed by atoms with E-state index >= 15 is 0 Å². The van der Waals surface area contributed by atoms with Gasteiger partial charge in [0.05, 0.1) is 6.10 Å². The Morgan fingerprint density at radius 3 is 2.54 bits per heavy atom. The molecule has 4 nitrogen and oxygen atoms in total. The summed E-state index contributed by atoms with van der Waals surface area (Å²) in [4.78, 5) is 17.2. The van der Waals surface area contributed by atoms with Gasteiger partial charge in [-0.1, -0.05) is 19.1 Å². The highest BCUT2D eigenvalue weighted by Gasteiger charge is 2.42. The van der Waals surface area contributed by atoms with E-state index in [1.165, 1.54) is 12.1 Å². The van der Waals surface area contributed by atoms with Crippen molar-refractivity contribution in [2.24, 2.45) is 5.92 Å². The number of carbonyl (C=O) groups is 1. The molecule has 3 fully saturated rings. The number of rotatable bonds is 3. The molecule has 3 heterocycles. The van der Waals surface area contributed by atoms with Crippen LogP contribution >= 0.6 is 0 Å². The van der Waals surface area contributed by atoms with Gasteiger partial charge in [-0.15, -0.1) is 0 Å².